The van der Waals surface area contributed by atoms with Crippen molar-refractivity contribution in [2.24, 2.45) is 23.5 Å². The van der Waals surface area contributed by atoms with Crippen molar-refractivity contribution in [1.82, 2.24) is 13.6 Å². The molecule has 1 saturated carbocycles. The summed E-state index contributed by atoms with van der Waals surface area (Å²) in [6.45, 7) is 1.76. The Bertz CT molecular complexity index is 997. The zero-order chi connectivity index (χ0) is 23.5. The lowest BCUT2D eigenvalue weighted by molar-refractivity contribution is 0.0924. The molecule has 1 aromatic rings. The maximum atomic E-state index is 13.5. The van der Waals surface area contributed by atoms with Gasteiger partial charge in [0.15, 0.2) is 9.84 Å². The fraction of sp³-hybridized carbons (Fsp3) is 0.773. The standard InChI is InChI=1S/C22H36N4O5S2/c23-14-18-6-7-24-22(13-18)31-17-19-12-21(20-4-2-1-3-5-20)16-26(15-19)33(29,30)25-8-10-32(27,28)11-9-25/h6-7,13,19-21H,1-5,8-12,14-17,23H2/t19-,21?/m1/s1. The van der Waals surface area contributed by atoms with E-state index >= 15 is 0 Å². The molecule has 4 rings (SSSR count). The van der Waals surface area contributed by atoms with Crippen LogP contribution in [0.1, 0.15) is 44.1 Å². The molecule has 2 aliphatic heterocycles. The molecule has 0 bridgehead atoms. The number of sulfone groups is 1. The summed E-state index contributed by atoms with van der Waals surface area (Å²) in [7, 11) is -6.87. The Morgan fingerprint density at radius 2 is 1.79 bits per heavy atom. The number of nitrogens with zero attached hydrogens (tertiary/aromatic N) is 3. The van der Waals surface area contributed by atoms with Crippen LogP contribution in [0.4, 0.5) is 0 Å². The molecule has 0 radical (unpaired) electrons. The highest BCUT2D eigenvalue weighted by molar-refractivity contribution is 7.91. The van der Waals surface area contributed by atoms with Gasteiger partial charge in [0, 0.05) is 50.9 Å². The number of pyridine rings is 1. The lowest BCUT2D eigenvalue weighted by Gasteiger charge is -2.43. The second-order valence-corrected chi connectivity index (χ2v) is 13.9. The first-order valence-corrected chi connectivity index (χ1v) is 15.2. The first-order chi connectivity index (χ1) is 15.8. The van der Waals surface area contributed by atoms with Gasteiger partial charge < -0.3 is 10.5 Å². The number of piperidine rings is 1. The molecule has 2 N–H and O–H groups in total. The van der Waals surface area contributed by atoms with Crippen LogP contribution in [0.2, 0.25) is 0 Å². The van der Waals surface area contributed by atoms with Gasteiger partial charge >= 0.3 is 0 Å². The number of hydrogen-bond donors (Lipinski definition) is 1. The number of aromatic nitrogens is 1. The van der Waals surface area contributed by atoms with Gasteiger partial charge in [-0.2, -0.15) is 17.0 Å². The Labute approximate surface area is 197 Å². The molecule has 1 unspecified atom stereocenters. The highest BCUT2D eigenvalue weighted by Gasteiger charge is 2.41. The molecule has 186 valence electrons. The summed E-state index contributed by atoms with van der Waals surface area (Å²) in [4.78, 5) is 4.26. The van der Waals surface area contributed by atoms with Crippen LogP contribution in [0.5, 0.6) is 5.88 Å². The van der Waals surface area contributed by atoms with Gasteiger partial charge in [0.1, 0.15) is 0 Å². The lowest BCUT2D eigenvalue weighted by atomic mass is 9.75. The van der Waals surface area contributed by atoms with Crippen LogP contribution in [-0.2, 0) is 26.6 Å². The van der Waals surface area contributed by atoms with Crippen molar-refractivity contribution < 1.29 is 21.6 Å². The minimum Gasteiger partial charge on any atom is -0.477 e. The molecule has 3 fully saturated rings. The van der Waals surface area contributed by atoms with Crippen molar-refractivity contribution in [3.05, 3.63) is 23.9 Å². The Kier molecular flexibility index (Phi) is 7.95. The molecule has 3 aliphatic rings. The van der Waals surface area contributed by atoms with Crippen LogP contribution >= 0.6 is 0 Å². The van der Waals surface area contributed by atoms with Crippen molar-refractivity contribution in [3.8, 4) is 5.88 Å². The summed E-state index contributed by atoms with van der Waals surface area (Å²) in [5.41, 5.74) is 6.65. The largest absolute Gasteiger partial charge is 0.477 e. The maximum Gasteiger partial charge on any atom is 0.282 e. The van der Waals surface area contributed by atoms with E-state index < -0.39 is 20.0 Å². The average molecular weight is 501 g/mol. The van der Waals surface area contributed by atoms with E-state index in [0.717, 1.165) is 24.8 Å². The zero-order valence-corrected chi connectivity index (χ0v) is 20.8. The van der Waals surface area contributed by atoms with Gasteiger partial charge in [0.25, 0.3) is 10.2 Å². The molecular formula is C22H36N4O5S2. The van der Waals surface area contributed by atoms with Crippen LogP contribution < -0.4 is 10.5 Å². The minimum absolute atomic E-state index is 0.0340. The molecule has 11 heteroatoms. The monoisotopic (exact) mass is 500 g/mol. The number of hydrogen-bond acceptors (Lipinski definition) is 7. The Hall–Kier alpha value is -1.27. The Morgan fingerprint density at radius 3 is 2.48 bits per heavy atom. The Morgan fingerprint density at radius 1 is 1.06 bits per heavy atom. The van der Waals surface area contributed by atoms with Gasteiger partial charge in [-0.1, -0.05) is 32.1 Å². The second-order valence-electron chi connectivity index (χ2n) is 9.65. The number of nitrogens with two attached hydrogens (primary N) is 1. The lowest BCUT2D eigenvalue weighted by Crippen LogP contribution is -2.55. The van der Waals surface area contributed by atoms with Crippen LogP contribution in [0.15, 0.2) is 18.3 Å². The van der Waals surface area contributed by atoms with Gasteiger partial charge in [0.05, 0.1) is 18.1 Å². The highest BCUT2D eigenvalue weighted by Crippen LogP contribution is 2.37. The smallest absolute Gasteiger partial charge is 0.282 e. The predicted molar refractivity (Wildman–Crippen MR) is 127 cm³/mol. The van der Waals surface area contributed by atoms with Gasteiger partial charge in [0.2, 0.25) is 5.88 Å². The summed E-state index contributed by atoms with van der Waals surface area (Å²) < 4.78 is 59.5. The highest BCUT2D eigenvalue weighted by atomic mass is 32.2. The number of rotatable bonds is 7. The van der Waals surface area contributed by atoms with Crippen molar-refractivity contribution >= 4 is 20.0 Å². The van der Waals surface area contributed by atoms with E-state index in [1.54, 1.807) is 10.5 Å². The quantitative estimate of drug-likeness (QED) is 0.600. The second kappa shape index (κ2) is 10.6. The molecule has 1 aromatic heterocycles. The zero-order valence-electron chi connectivity index (χ0n) is 19.1. The molecular weight excluding hydrogens is 464 g/mol. The molecule has 2 atom stereocenters. The van der Waals surface area contributed by atoms with Gasteiger partial charge in [-0.3, -0.25) is 0 Å². The molecule has 1 aliphatic carbocycles. The van der Waals surface area contributed by atoms with Gasteiger partial charge in [-0.25, -0.2) is 13.4 Å². The van der Waals surface area contributed by atoms with Crippen molar-refractivity contribution in [3.63, 3.8) is 0 Å². The van der Waals surface area contributed by atoms with Gasteiger partial charge in [-0.15, -0.1) is 0 Å². The van der Waals surface area contributed by atoms with E-state index in [-0.39, 0.29) is 30.5 Å². The molecule has 0 spiro atoms. The minimum atomic E-state index is -3.72. The van der Waals surface area contributed by atoms with Crippen LogP contribution in [0.3, 0.4) is 0 Å². The van der Waals surface area contributed by atoms with Crippen LogP contribution in [0.25, 0.3) is 0 Å². The molecule has 3 heterocycles. The van der Waals surface area contributed by atoms with E-state index in [9.17, 15) is 16.8 Å². The van der Waals surface area contributed by atoms with Crippen LogP contribution in [0, 0.1) is 17.8 Å². The summed E-state index contributed by atoms with van der Waals surface area (Å²) in [5.74, 6) is 1.16. The summed E-state index contributed by atoms with van der Waals surface area (Å²) in [5, 5.41) is 0. The predicted octanol–water partition coefficient (Wildman–Crippen LogP) is 1.41. The van der Waals surface area contributed by atoms with Crippen molar-refractivity contribution in [2.75, 3.05) is 44.3 Å². The normalized spacial score (nSPS) is 27.9. The molecule has 2 saturated heterocycles. The maximum absolute atomic E-state index is 13.5. The van der Waals surface area contributed by atoms with E-state index in [2.05, 4.69) is 4.98 Å². The number of ether oxygens (including phenoxy) is 1. The molecule has 0 amide bonds. The Balaban J connectivity index is 1.48. The fourth-order valence-electron chi connectivity index (χ4n) is 5.41. The summed E-state index contributed by atoms with van der Waals surface area (Å²) in [6, 6.07) is 3.67. The SMILES string of the molecule is NCc1ccnc(OC[C@@H]2CC(C3CCCCC3)CN(S(=O)(=O)N3CCS(=O)(=O)CC3)C2)c1. The van der Waals surface area contributed by atoms with Gasteiger partial charge in [-0.05, 0) is 29.9 Å². The third-order valence-electron chi connectivity index (χ3n) is 7.31. The summed E-state index contributed by atoms with van der Waals surface area (Å²) >= 11 is 0. The first kappa shape index (κ1) is 24.8. The van der Waals surface area contributed by atoms with E-state index in [0.29, 0.717) is 44.0 Å². The third-order valence-corrected chi connectivity index (χ3v) is 10.9. The van der Waals surface area contributed by atoms with E-state index in [4.69, 9.17) is 10.5 Å². The van der Waals surface area contributed by atoms with E-state index in [1.807, 2.05) is 12.1 Å². The van der Waals surface area contributed by atoms with Crippen molar-refractivity contribution in [1.29, 1.82) is 0 Å². The summed E-state index contributed by atoms with van der Waals surface area (Å²) in [6.07, 6.45) is 8.56. The molecule has 9 nitrogen and oxygen atoms in total. The topological polar surface area (TPSA) is 123 Å². The molecule has 33 heavy (non-hydrogen) atoms. The van der Waals surface area contributed by atoms with Crippen molar-refractivity contribution in [2.45, 2.75) is 45.1 Å². The van der Waals surface area contributed by atoms with E-state index in [1.165, 1.54) is 23.6 Å². The average Bonchev–Trinajstić information content (AvgIpc) is 2.83. The first-order valence-electron chi connectivity index (χ1n) is 12.0. The van der Waals surface area contributed by atoms with Crippen LogP contribution in [-0.4, -0.2) is 74.7 Å². The fourth-order valence-corrected chi connectivity index (χ4v) is 8.59. The molecule has 0 aromatic carbocycles. The third kappa shape index (κ3) is 6.25.